The molecule has 3 aromatic heterocycles. The van der Waals surface area contributed by atoms with Crippen molar-refractivity contribution in [3.63, 3.8) is 0 Å². The molecule has 2 aliphatic heterocycles. The first kappa shape index (κ1) is 40.8. The second-order valence-corrected chi connectivity index (χ2v) is 10.3. The molecule has 3 aromatic rings. The van der Waals surface area contributed by atoms with Crippen LogP contribution in [0.1, 0.15) is 29.9 Å². The molecule has 1 spiro atoms. The first-order valence-corrected chi connectivity index (χ1v) is 13.6. The van der Waals surface area contributed by atoms with Gasteiger partial charge in [0.2, 0.25) is 0 Å². The summed E-state index contributed by atoms with van der Waals surface area (Å²) in [6.07, 6.45) is -8.14. The summed E-state index contributed by atoms with van der Waals surface area (Å²) in [5, 5.41) is 26.0. The van der Waals surface area contributed by atoms with Gasteiger partial charge in [-0.3, -0.25) is 29.0 Å². The number of carboxylic acid groups (broad SMARTS) is 3. The number of aliphatic carboxylic acids is 3. The number of carboxylic acids is 3. The van der Waals surface area contributed by atoms with Gasteiger partial charge in [-0.15, -0.1) is 0 Å². The van der Waals surface area contributed by atoms with Crippen LogP contribution in [0.2, 0.25) is 0 Å². The summed E-state index contributed by atoms with van der Waals surface area (Å²) in [6.45, 7) is 3.35. The Kier molecular flexibility index (Phi) is 13.4. The largest absolute Gasteiger partial charge is 0.490 e. The van der Waals surface area contributed by atoms with Crippen LogP contribution in [0.4, 0.5) is 39.5 Å². The van der Waals surface area contributed by atoms with Crippen molar-refractivity contribution >= 4 is 17.9 Å². The minimum atomic E-state index is -5.08. The summed E-state index contributed by atoms with van der Waals surface area (Å²) in [7, 11) is 0. The van der Waals surface area contributed by atoms with E-state index in [0.717, 1.165) is 38.3 Å². The van der Waals surface area contributed by atoms with Crippen molar-refractivity contribution in [3.8, 4) is 0 Å². The Hall–Kier alpha value is -5.35. The van der Waals surface area contributed by atoms with Crippen LogP contribution in [0.5, 0.6) is 0 Å². The summed E-state index contributed by atoms with van der Waals surface area (Å²) in [5.41, 5.74) is 0.646. The molecule has 1 fully saturated rings. The standard InChI is InChI=1S/C21H22N6O2.3C2HF3O2/c28-18-19(29)27(14-17-5-1-2-9-23-17)24-20-21(7-11-26(18)20)6-10-25(15-21)13-16-4-3-8-22-12-16;3*3-2(4,5)1(6)7/h1-5,8-9,12H,6-7,10-11,13-15H2;3*(H,6,7). The van der Waals surface area contributed by atoms with E-state index in [-0.39, 0.29) is 12.0 Å². The highest BCUT2D eigenvalue weighted by Gasteiger charge is 2.47. The van der Waals surface area contributed by atoms with Gasteiger partial charge in [-0.2, -0.15) is 44.6 Å². The van der Waals surface area contributed by atoms with Crippen LogP contribution in [0.3, 0.4) is 0 Å². The lowest BCUT2D eigenvalue weighted by atomic mass is 9.85. The number of halogens is 9. The van der Waals surface area contributed by atoms with E-state index < -0.39 is 47.6 Å². The van der Waals surface area contributed by atoms with Gasteiger partial charge in [0.05, 0.1) is 12.2 Å². The molecule has 0 amide bonds. The van der Waals surface area contributed by atoms with Crippen molar-refractivity contribution in [2.75, 3.05) is 13.1 Å². The fraction of sp³-hybridized carbons (Fsp3) is 0.407. The normalized spacial score (nSPS) is 16.9. The molecule has 2 aliphatic rings. The zero-order valence-electron chi connectivity index (χ0n) is 25.0. The first-order chi connectivity index (χ1) is 23.0. The number of likely N-dealkylation sites (tertiary alicyclic amines) is 1. The number of carbonyl (C=O) groups is 3. The first-order valence-electron chi connectivity index (χ1n) is 13.6. The number of rotatable bonds is 4. The van der Waals surface area contributed by atoms with E-state index in [4.69, 9.17) is 29.7 Å². The maximum atomic E-state index is 12.7. The predicted molar refractivity (Wildman–Crippen MR) is 148 cm³/mol. The minimum absolute atomic E-state index is 0.180. The molecular weight excluding hydrogens is 707 g/mol. The van der Waals surface area contributed by atoms with Gasteiger partial charge in [0.1, 0.15) is 5.82 Å². The molecule has 0 radical (unpaired) electrons. The quantitative estimate of drug-likeness (QED) is 0.262. The summed E-state index contributed by atoms with van der Waals surface area (Å²) >= 11 is 0. The molecule has 0 saturated carbocycles. The van der Waals surface area contributed by atoms with Gasteiger partial charge in [0.15, 0.2) is 0 Å². The Morgan fingerprint density at radius 1 is 0.740 bits per heavy atom. The fourth-order valence-corrected chi connectivity index (χ4v) is 4.56. The van der Waals surface area contributed by atoms with Crippen LogP contribution in [-0.2, 0) is 39.4 Å². The van der Waals surface area contributed by atoms with Crippen molar-refractivity contribution in [2.24, 2.45) is 0 Å². The van der Waals surface area contributed by atoms with Crippen LogP contribution >= 0.6 is 0 Å². The number of hydrogen-bond acceptors (Lipinski definition) is 9. The smallest absolute Gasteiger partial charge is 0.475 e. The van der Waals surface area contributed by atoms with Crippen molar-refractivity contribution in [1.82, 2.24) is 29.2 Å². The van der Waals surface area contributed by atoms with E-state index in [1.165, 1.54) is 10.2 Å². The van der Waals surface area contributed by atoms with E-state index in [9.17, 15) is 49.1 Å². The van der Waals surface area contributed by atoms with Crippen LogP contribution < -0.4 is 11.1 Å². The van der Waals surface area contributed by atoms with E-state index in [1.807, 2.05) is 30.5 Å². The van der Waals surface area contributed by atoms with Crippen molar-refractivity contribution < 1.29 is 69.2 Å². The molecule has 1 atom stereocenters. The van der Waals surface area contributed by atoms with E-state index in [2.05, 4.69) is 26.0 Å². The van der Waals surface area contributed by atoms with Crippen molar-refractivity contribution in [3.05, 3.63) is 86.7 Å². The average Bonchev–Trinajstić information content (AvgIpc) is 3.59. The lowest BCUT2D eigenvalue weighted by Crippen LogP contribution is -2.45. The summed E-state index contributed by atoms with van der Waals surface area (Å²) < 4.78 is 98.1. The molecule has 1 saturated heterocycles. The summed E-state index contributed by atoms with van der Waals surface area (Å²) in [5.74, 6) is -7.53. The molecule has 5 heterocycles. The Bertz CT molecular complexity index is 1690. The third kappa shape index (κ3) is 11.7. The highest BCUT2D eigenvalue weighted by molar-refractivity contribution is 5.73. The SMILES string of the molecule is O=C(O)C(F)(F)F.O=C(O)C(F)(F)F.O=C(O)C(F)(F)F.O=c1c(=O)n2c(nn1Cc1ccccn1)C1(CCN(Cc3cccnc3)C1)CC2. The minimum Gasteiger partial charge on any atom is -0.475 e. The summed E-state index contributed by atoms with van der Waals surface area (Å²) in [4.78, 5) is 62.8. The number of fused-ring (bicyclic) bond motifs is 2. The summed E-state index contributed by atoms with van der Waals surface area (Å²) in [6, 6.07) is 9.54. The molecule has 23 heteroatoms. The second kappa shape index (κ2) is 16.4. The van der Waals surface area contributed by atoms with Gasteiger partial charge in [-0.1, -0.05) is 12.1 Å². The fourth-order valence-electron chi connectivity index (χ4n) is 4.56. The molecule has 0 bridgehead atoms. The average molecular weight is 733 g/mol. The molecule has 274 valence electrons. The third-order valence-electron chi connectivity index (χ3n) is 6.75. The third-order valence-corrected chi connectivity index (χ3v) is 6.75. The van der Waals surface area contributed by atoms with Crippen LogP contribution in [-0.4, -0.2) is 94.1 Å². The molecule has 0 aliphatic carbocycles. The maximum Gasteiger partial charge on any atom is 0.490 e. The topological polar surface area (TPSA) is 198 Å². The zero-order valence-corrected chi connectivity index (χ0v) is 25.0. The number of alkyl halides is 9. The van der Waals surface area contributed by atoms with Crippen LogP contribution in [0, 0.1) is 0 Å². The van der Waals surface area contributed by atoms with Crippen molar-refractivity contribution in [1.29, 1.82) is 0 Å². The molecular formula is C27H25F9N6O8. The van der Waals surface area contributed by atoms with E-state index >= 15 is 0 Å². The Morgan fingerprint density at radius 3 is 1.74 bits per heavy atom. The second-order valence-electron chi connectivity index (χ2n) is 10.3. The van der Waals surface area contributed by atoms with E-state index in [1.54, 1.807) is 17.0 Å². The van der Waals surface area contributed by atoms with Gasteiger partial charge in [-0.05, 0) is 43.1 Å². The van der Waals surface area contributed by atoms with E-state index in [0.29, 0.717) is 12.2 Å². The van der Waals surface area contributed by atoms with Gasteiger partial charge < -0.3 is 15.3 Å². The molecule has 1 unspecified atom stereocenters. The van der Waals surface area contributed by atoms with Gasteiger partial charge in [0.25, 0.3) is 0 Å². The number of nitrogens with zero attached hydrogens (tertiary/aromatic N) is 6. The number of hydrogen-bond donors (Lipinski definition) is 3. The maximum absolute atomic E-state index is 12.7. The molecule has 50 heavy (non-hydrogen) atoms. The highest BCUT2D eigenvalue weighted by Crippen LogP contribution is 2.40. The van der Waals surface area contributed by atoms with Gasteiger partial charge in [0, 0.05) is 43.6 Å². The lowest BCUT2D eigenvalue weighted by Gasteiger charge is -2.23. The van der Waals surface area contributed by atoms with Crippen molar-refractivity contribution in [2.45, 2.75) is 56.4 Å². The Balaban J connectivity index is 0.000000338. The lowest BCUT2D eigenvalue weighted by molar-refractivity contribution is -0.193. The van der Waals surface area contributed by atoms with Crippen LogP contribution in [0.25, 0.3) is 0 Å². The Morgan fingerprint density at radius 2 is 1.28 bits per heavy atom. The molecule has 5 rings (SSSR count). The molecule has 14 nitrogen and oxygen atoms in total. The predicted octanol–water partition coefficient (Wildman–Crippen LogP) is 2.69. The van der Waals surface area contributed by atoms with Gasteiger partial charge in [-0.25, -0.2) is 19.1 Å². The number of aromatic nitrogens is 5. The van der Waals surface area contributed by atoms with Crippen LogP contribution in [0.15, 0.2) is 58.5 Å². The zero-order chi connectivity index (χ0) is 38.1. The highest BCUT2D eigenvalue weighted by atomic mass is 19.4. The number of pyridine rings is 2. The Labute approximate surface area is 273 Å². The molecule has 3 N–H and O–H groups in total. The molecule has 0 aromatic carbocycles. The monoisotopic (exact) mass is 732 g/mol. The van der Waals surface area contributed by atoms with Gasteiger partial charge >= 0.3 is 47.6 Å².